The van der Waals surface area contributed by atoms with E-state index in [0.29, 0.717) is 5.56 Å². The van der Waals surface area contributed by atoms with Crippen molar-refractivity contribution in [1.82, 2.24) is 20.4 Å². The van der Waals surface area contributed by atoms with Gasteiger partial charge in [-0.1, -0.05) is 6.92 Å². The smallest absolute Gasteiger partial charge is 0.254 e. The number of nitrogens with one attached hydrogen (secondary N) is 2. The molecular weight excluding hydrogens is 216 g/mol. The maximum atomic E-state index is 11.8. The van der Waals surface area contributed by atoms with Gasteiger partial charge in [0.05, 0.1) is 11.8 Å². The van der Waals surface area contributed by atoms with E-state index in [1.165, 1.54) is 0 Å². The number of rotatable bonds is 3. The molecule has 1 aromatic rings. The monoisotopic (exact) mass is 236 g/mol. The van der Waals surface area contributed by atoms with Crippen LogP contribution >= 0.6 is 0 Å². The largest absolute Gasteiger partial charge is 0.351 e. The lowest BCUT2D eigenvalue weighted by Gasteiger charge is -2.37. The minimum Gasteiger partial charge on any atom is -0.351 e. The molecule has 0 aliphatic carbocycles. The Bertz CT molecular complexity index is 366. The summed E-state index contributed by atoms with van der Waals surface area (Å²) in [5, 5.41) is 9.41. The van der Waals surface area contributed by atoms with Crippen LogP contribution in [-0.4, -0.2) is 47.7 Å². The highest BCUT2D eigenvalue weighted by atomic mass is 16.1. The van der Waals surface area contributed by atoms with Crippen molar-refractivity contribution in [3.63, 3.8) is 0 Å². The van der Waals surface area contributed by atoms with Crippen LogP contribution in [0.2, 0.25) is 0 Å². The lowest BCUT2D eigenvalue weighted by atomic mass is 9.80. The van der Waals surface area contributed by atoms with Crippen LogP contribution in [-0.2, 0) is 0 Å². The predicted octanol–water partition coefficient (Wildman–Crippen LogP) is 0.871. The summed E-state index contributed by atoms with van der Waals surface area (Å²) in [7, 11) is 2.14. The van der Waals surface area contributed by atoms with E-state index in [2.05, 4.69) is 34.4 Å². The topological polar surface area (TPSA) is 61.0 Å². The van der Waals surface area contributed by atoms with Gasteiger partial charge in [-0.15, -0.1) is 0 Å². The fraction of sp³-hybridized carbons (Fsp3) is 0.667. The number of hydrogen-bond donors (Lipinski definition) is 2. The van der Waals surface area contributed by atoms with Gasteiger partial charge in [0.1, 0.15) is 0 Å². The van der Waals surface area contributed by atoms with Crippen LogP contribution in [0.15, 0.2) is 12.4 Å². The molecule has 0 atom stereocenters. The molecule has 0 aromatic carbocycles. The third-order valence-corrected chi connectivity index (χ3v) is 3.63. The molecular formula is C12H20N4O. The molecule has 2 N–H and O–H groups in total. The van der Waals surface area contributed by atoms with E-state index >= 15 is 0 Å². The maximum Gasteiger partial charge on any atom is 0.254 e. The summed E-state index contributed by atoms with van der Waals surface area (Å²) in [5.74, 6) is -0.0427. The summed E-state index contributed by atoms with van der Waals surface area (Å²) < 4.78 is 0. The number of amides is 1. The Morgan fingerprint density at radius 2 is 2.29 bits per heavy atom. The number of piperidine rings is 1. The van der Waals surface area contributed by atoms with Gasteiger partial charge in [-0.2, -0.15) is 5.10 Å². The number of H-pyrrole nitrogens is 1. The molecule has 1 aliphatic rings. The fourth-order valence-corrected chi connectivity index (χ4v) is 2.11. The number of aromatic nitrogens is 2. The third kappa shape index (κ3) is 3.06. The van der Waals surface area contributed by atoms with E-state index in [1.54, 1.807) is 12.4 Å². The van der Waals surface area contributed by atoms with Crippen molar-refractivity contribution < 1.29 is 4.79 Å². The molecule has 1 aromatic heterocycles. The third-order valence-electron chi connectivity index (χ3n) is 3.63. The van der Waals surface area contributed by atoms with E-state index < -0.39 is 0 Å². The molecule has 0 unspecified atom stereocenters. The van der Waals surface area contributed by atoms with Crippen LogP contribution in [0.25, 0.3) is 0 Å². The average Bonchev–Trinajstić information content (AvgIpc) is 2.84. The minimum absolute atomic E-state index is 0.0427. The van der Waals surface area contributed by atoms with E-state index in [4.69, 9.17) is 0 Å². The van der Waals surface area contributed by atoms with Crippen molar-refractivity contribution in [1.29, 1.82) is 0 Å². The second-order valence-corrected chi connectivity index (χ2v) is 5.28. The molecule has 94 valence electrons. The lowest BCUT2D eigenvalue weighted by Crippen LogP contribution is -2.43. The summed E-state index contributed by atoms with van der Waals surface area (Å²) in [6, 6.07) is 0. The Balaban J connectivity index is 1.83. The number of aromatic amines is 1. The first kappa shape index (κ1) is 12.1. The number of likely N-dealkylation sites (tertiary alicyclic amines) is 1. The van der Waals surface area contributed by atoms with Crippen LogP contribution in [0.1, 0.15) is 30.1 Å². The van der Waals surface area contributed by atoms with Gasteiger partial charge >= 0.3 is 0 Å². The standard InChI is InChI=1S/C12H20N4O/c1-12(3-5-16(2)6-4-12)9-13-11(17)10-7-14-15-8-10/h7-8H,3-6,9H2,1-2H3,(H,13,17)(H,14,15). The van der Waals surface area contributed by atoms with Crippen LogP contribution in [0.3, 0.4) is 0 Å². The van der Waals surface area contributed by atoms with Gasteiger partial charge < -0.3 is 10.2 Å². The van der Waals surface area contributed by atoms with Gasteiger partial charge in [0, 0.05) is 12.7 Å². The number of carbonyl (C=O) groups is 1. The Hall–Kier alpha value is -1.36. The highest BCUT2D eigenvalue weighted by Crippen LogP contribution is 2.29. The second-order valence-electron chi connectivity index (χ2n) is 5.28. The number of nitrogens with zero attached hydrogens (tertiary/aromatic N) is 2. The zero-order valence-electron chi connectivity index (χ0n) is 10.5. The molecule has 0 radical (unpaired) electrons. The fourth-order valence-electron chi connectivity index (χ4n) is 2.11. The Morgan fingerprint density at radius 1 is 1.59 bits per heavy atom. The second kappa shape index (κ2) is 4.87. The summed E-state index contributed by atoms with van der Waals surface area (Å²) in [5.41, 5.74) is 0.827. The van der Waals surface area contributed by atoms with Gasteiger partial charge in [-0.3, -0.25) is 9.89 Å². The van der Waals surface area contributed by atoms with Crippen molar-refractivity contribution in [3.05, 3.63) is 18.0 Å². The molecule has 5 nitrogen and oxygen atoms in total. The highest BCUT2D eigenvalue weighted by molar-refractivity contribution is 5.93. The molecule has 1 fully saturated rings. The van der Waals surface area contributed by atoms with Gasteiger partial charge in [0.15, 0.2) is 0 Å². The Labute approximate surface area is 102 Å². The van der Waals surface area contributed by atoms with Crippen LogP contribution in [0.4, 0.5) is 0 Å². The van der Waals surface area contributed by atoms with Crippen molar-refractivity contribution in [2.45, 2.75) is 19.8 Å². The van der Waals surface area contributed by atoms with Crippen molar-refractivity contribution >= 4 is 5.91 Å². The van der Waals surface area contributed by atoms with Gasteiger partial charge in [-0.05, 0) is 38.4 Å². The van der Waals surface area contributed by atoms with Crippen molar-refractivity contribution in [2.24, 2.45) is 5.41 Å². The molecule has 1 saturated heterocycles. The number of carbonyl (C=O) groups excluding carboxylic acids is 1. The zero-order chi connectivity index (χ0) is 12.3. The molecule has 1 aliphatic heterocycles. The first-order valence-corrected chi connectivity index (χ1v) is 6.05. The maximum absolute atomic E-state index is 11.8. The highest BCUT2D eigenvalue weighted by Gasteiger charge is 2.29. The molecule has 5 heteroatoms. The minimum atomic E-state index is -0.0427. The summed E-state index contributed by atoms with van der Waals surface area (Å²) >= 11 is 0. The normalized spacial score (nSPS) is 20.1. The summed E-state index contributed by atoms with van der Waals surface area (Å²) in [6.45, 7) is 5.21. The van der Waals surface area contributed by atoms with Crippen LogP contribution in [0.5, 0.6) is 0 Å². The van der Waals surface area contributed by atoms with Crippen LogP contribution < -0.4 is 5.32 Å². The van der Waals surface area contributed by atoms with Crippen molar-refractivity contribution in [3.8, 4) is 0 Å². The quantitative estimate of drug-likeness (QED) is 0.818. The van der Waals surface area contributed by atoms with Crippen molar-refractivity contribution in [2.75, 3.05) is 26.7 Å². The average molecular weight is 236 g/mol. The zero-order valence-corrected chi connectivity index (χ0v) is 10.5. The molecule has 1 amide bonds. The van der Waals surface area contributed by atoms with E-state index in [1.807, 2.05) is 0 Å². The molecule has 2 rings (SSSR count). The molecule has 0 bridgehead atoms. The summed E-state index contributed by atoms with van der Waals surface area (Å²) in [6.07, 6.45) is 5.43. The van der Waals surface area contributed by atoms with Gasteiger partial charge in [0.2, 0.25) is 0 Å². The lowest BCUT2D eigenvalue weighted by molar-refractivity contribution is 0.0891. The Kier molecular flexibility index (Phi) is 3.47. The van der Waals surface area contributed by atoms with Gasteiger partial charge in [-0.25, -0.2) is 0 Å². The molecule has 0 saturated carbocycles. The van der Waals surface area contributed by atoms with Crippen LogP contribution in [0, 0.1) is 5.41 Å². The summed E-state index contributed by atoms with van der Waals surface area (Å²) in [4.78, 5) is 14.1. The Morgan fingerprint density at radius 3 is 2.88 bits per heavy atom. The molecule has 2 heterocycles. The predicted molar refractivity (Wildman–Crippen MR) is 65.8 cm³/mol. The molecule has 17 heavy (non-hydrogen) atoms. The molecule has 0 spiro atoms. The number of hydrogen-bond acceptors (Lipinski definition) is 3. The van der Waals surface area contributed by atoms with E-state index in [-0.39, 0.29) is 11.3 Å². The van der Waals surface area contributed by atoms with Gasteiger partial charge in [0.25, 0.3) is 5.91 Å². The van der Waals surface area contributed by atoms with E-state index in [9.17, 15) is 4.79 Å². The first-order chi connectivity index (χ1) is 8.09. The van der Waals surface area contributed by atoms with E-state index in [0.717, 1.165) is 32.5 Å². The first-order valence-electron chi connectivity index (χ1n) is 6.05. The SMILES string of the molecule is CN1CCC(C)(CNC(=O)c2cn[nH]c2)CC1.